The largest absolute Gasteiger partial charge is 0.350 e. The zero-order valence-electron chi connectivity index (χ0n) is 14.5. The molecular weight excluding hydrogens is 348 g/mol. The number of rotatable bonds is 5. The lowest BCUT2D eigenvalue weighted by Crippen LogP contribution is -2.24. The maximum atomic E-state index is 12.2. The Kier molecular flexibility index (Phi) is 5.14. The molecular formula is C19H18N4O2S. The van der Waals surface area contributed by atoms with Gasteiger partial charge in [-0.2, -0.15) is 5.26 Å². The molecule has 1 aromatic carbocycles. The molecule has 2 N–H and O–H groups in total. The van der Waals surface area contributed by atoms with Crippen LogP contribution in [-0.2, 0) is 17.8 Å². The molecule has 6 nitrogen and oxygen atoms in total. The second-order valence-corrected chi connectivity index (χ2v) is 7.14. The average molecular weight is 366 g/mol. The average Bonchev–Trinajstić information content (AvgIpc) is 3.02. The summed E-state index contributed by atoms with van der Waals surface area (Å²) in [5.41, 5.74) is 2.85. The van der Waals surface area contributed by atoms with Gasteiger partial charge in [-0.15, -0.1) is 11.3 Å². The van der Waals surface area contributed by atoms with Crippen molar-refractivity contribution >= 4 is 27.5 Å². The molecule has 0 aliphatic carbocycles. The van der Waals surface area contributed by atoms with Crippen molar-refractivity contribution in [2.45, 2.75) is 33.2 Å². The molecule has 1 amide bonds. The molecule has 0 spiro atoms. The van der Waals surface area contributed by atoms with Gasteiger partial charge in [0.25, 0.3) is 5.56 Å². The van der Waals surface area contributed by atoms with Crippen LogP contribution in [0.25, 0.3) is 10.2 Å². The van der Waals surface area contributed by atoms with E-state index in [0.29, 0.717) is 24.2 Å². The molecule has 132 valence electrons. The second kappa shape index (κ2) is 7.50. The predicted molar refractivity (Wildman–Crippen MR) is 101 cm³/mol. The maximum Gasteiger partial charge on any atom is 0.266 e. The number of thiazole rings is 1. The second-order valence-electron chi connectivity index (χ2n) is 6.02. The highest BCUT2D eigenvalue weighted by molar-refractivity contribution is 7.18. The first kappa shape index (κ1) is 17.8. The van der Waals surface area contributed by atoms with Crippen LogP contribution in [0, 0.1) is 25.2 Å². The smallest absolute Gasteiger partial charge is 0.266 e. The Morgan fingerprint density at radius 2 is 2.12 bits per heavy atom. The van der Waals surface area contributed by atoms with E-state index in [2.05, 4.69) is 15.3 Å². The number of hydrogen-bond acceptors (Lipinski definition) is 5. The van der Waals surface area contributed by atoms with E-state index in [1.165, 1.54) is 0 Å². The molecule has 0 bridgehead atoms. The SMILES string of the molecule is Cc1[nH]c(=O)c(C#N)c(C)c1CCC(=O)NCc1nc2ccccc2s1. The molecule has 0 fully saturated rings. The number of nitrogens with one attached hydrogen (secondary N) is 2. The summed E-state index contributed by atoms with van der Waals surface area (Å²) >= 11 is 1.56. The molecule has 2 aromatic heterocycles. The van der Waals surface area contributed by atoms with Crippen LogP contribution in [0.5, 0.6) is 0 Å². The van der Waals surface area contributed by atoms with Crippen LogP contribution in [0.3, 0.4) is 0 Å². The molecule has 7 heteroatoms. The number of H-pyrrole nitrogens is 1. The summed E-state index contributed by atoms with van der Waals surface area (Å²) in [6.07, 6.45) is 0.748. The summed E-state index contributed by atoms with van der Waals surface area (Å²) in [6.45, 7) is 3.92. The first-order valence-corrected chi connectivity index (χ1v) is 9.05. The van der Waals surface area contributed by atoms with Crippen LogP contribution in [0.15, 0.2) is 29.1 Å². The van der Waals surface area contributed by atoms with Gasteiger partial charge in [-0.1, -0.05) is 12.1 Å². The highest BCUT2D eigenvalue weighted by Crippen LogP contribution is 2.21. The fourth-order valence-corrected chi connectivity index (χ4v) is 3.82. The zero-order valence-corrected chi connectivity index (χ0v) is 15.4. The van der Waals surface area contributed by atoms with Gasteiger partial charge >= 0.3 is 0 Å². The fraction of sp³-hybridized carbons (Fsp3) is 0.263. The van der Waals surface area contributed by atoms with Gasteiger partial charge in [-0.05, 0) is 43.5 Å². The highest BCUT2D eigenvalue weighted by Gasteiger charge is 2.13. The van der Waals surface area contributed by atoms with Crippen LogP contribution in [0.2, 0.25) is 0 Å². The summed E-state index contributed by atoms with van der Waals surface area (Å²) in [5.74, 6) is -0.0900. The third-order valence-corrected chi connectivity index (χ3v) is 5.33. The Labute approximate surface area is 154 Å². The Morgan fingerprint density at radius 3 is 2.85 bits per heavy atom. The monoisotopic (exact) mass is 366 g/mol. The van der Waals surface area contributed by atoms with E-state index >= 15 is 0 Å². The number of nitriles is 1. The molecule has 0 radical (unpaired) electrons. The predicted octanol–water partition coefficient (Wildman–Crippen LogP) is 2.72. The minimum absolute atomic E-state index is 0.0900. The fourth-order valence-electron chi connectivity index (χ4n) is 2.92. The van der Waals surface area contributed by atoms with E-state index in [-0.39, 0.29) is 23.5 Å². The van der Waals surface area contributed by atoms with E-state index < -0.39 is 0 Å². The molecule has 26 heavy (non-hydrogen) atoms. The van der Waals surface area contributed by atoms with Gasteiger partial charge in [0.2, 0.25) is 5.91 Å². The topological polar surface area (TPSA) is 98.6 Å². The lowest BCUT2D eigenvalue weighted by atomic mass is 9.99. The van der Waals surface area contributed by atoms with E-state index in [9.17, 15) is 9.59 Å². The number of benzene rings is 1. The standard InChI is InChI=1S/C19H18N4O2S/c1-11-13(12(2)22-19(25)14(11)9-20)7-8-17(24)21-10-18-23-15-5-3-4-6-16(15)26-18/h3-6H,7-8,10H2,1-2H3,(H,21,24)(H,22,25). The third-order valence-electron chi connectivity index (χ3n) is 4.30. The van der Waals surface area contributed by atoms with Gasteiger partial charge in [0.15, 0.2) is 0 Å². The van der Waals surface area contributed by atoms with Crippen molar-refractivity contribution in [2.75, 3.05) is 0 Å². The number of aromatic nitrogens is 2. The number of amides is 1. The number of fused-ring (bicyclic) bond motifs is 1. The summed E-state index contributed by atoms with van der Waals surface area (Å²) in [6, 6.07) is 9.79. The number of hydrogen-bond donors (Lipinski definition) is 2. The summed E-state index contributed by atoms with van der Waals surface area (Å²) in [4.78, 5) is 31.1. The van der Waals surface area contributed by atoms with Crippen LogP contribution >= 0.6 is 11.3 Å². The van der Waals surface area contributed by atoms with Crippen LogP contribution in [0.4, 0.5) is 0 Å². The molecule has 0 saturated carbocycles. The number of para-hydroxylation sites is 1. The van der Waals surface area contributed by atoms with Gasteiger partial charge in [0.05, 0.1) is 16.8 Å². The van der Waals surface area contributed by atoms with E-state index in [1.807, 2.05) is 30.3 Å². The van der Waals surface area contributed by atoms with Crippen molar-refractivity contribution in [2.24, 2.45) is 0 Å². The van der Waals surface area contributed by atoms with E-state index in [1.54, 1.807) is 25.2 Å². The van der Waals surface area contributed by atoms with Crippen LogP contribution in [0.1, 0.15) is 33.8 Å². The Bertz CT molecular complexity index is 1040. The summed E-state index contributed by atoms with van der Waals surface area (Å²) in [7, 11) is 0. The Hall–Kier alpha value is -2.98. The number of aromatic amines is 1. The third kappa shape index (κ3) is 3.65. The first-order valence-electron chi connectivity index (χ1n) is 8.23. The first-order chi connectivity index (χ1) is 12.5. The maximum absolute atomic E-state index is 12.2. The minimum Gasteiger partial charge on any atom is -0.350 e. The number of aryl methyl sites for hydroxylation is 1. The van der Waals surface area contributed by atoms with Gasteiger partial charge in [0.1, 0.15) is 16.6 Å². The number of carbonyl (C=O) groups is 1. The molecule has 0 atom stereocenters. The summed E-state index contributed by atoms with van der Waals surface area (Å²) in [5, 5.41) is 12.9. The Balaban J connectivity index is 1.63. The molecule has 0 unspecified atom stereocenters. The van der Waals surface area contributed by atoms with E-state index in [4.69, 9.17) is 5.26 Å². The van der Waals surface area contributed by atoms with E-state index in [0.717, 1.165) is 20.8 Å². The number of pyridine rings is 1. The number of carbonyl (C=O) groups excluding carboxylic acids is 1. The molecule has 0 aliphatic rings. The van der Waals surface area contributed by atoms with Crippen molar-refractivity contribution in [1.82, 2.24) is 15.3 Å². The lowest BCUT2D eigenvalue weighted by molar-refractivity contribution is -0.121. The lowest BCUT2D eigenvalue weighted by Gasteiger charge is -2.10. The highest BCUT2D eigenvalue weighted by atomic mass is 32.1. The quantitative estimate of drug-likeness (QED) is 0.725. The molecule has 0 aliphatic heterocycles. The van der Waals surface area contributed by atoms with Crippen LogP contribution in [-0.4, -0.2) is 15.9 Å². The van der Waals surface area contributed by atoms with Crippen molar-refractivity contribution in [1.29, 1.82) is 5.26 Å². The number of nitrogens with zero attached hydrogens (tertiary/aromatic N) is 2. The molecule has 3 aromatic rings. The van der Waals surface area contributed by atoms with Gasteiger partial charge in [-0.3, -0.25) is 9.59 Å². The minimum atomic E-state index is -0.383. The zero-order chi connectivity index (χ0) is 18.7. The molecule has 0 saturated heterocycles. The summed E-state index contributed by atoms with van der Waals surface area (Å²) < 4.78 is 1.10. The normalized spacial score (nSPS) is 10.7. The van der Waals surface area contributed by atoms with Crippen LogP contribution < -0.4 is 10.9 Å². The van der Waals surface area contributed by atoms with Crippen molar-refractivity contribution in [3.63, 3.8) is 0 Å². The Morgan fingerprint density at radius 1 is 1.35 bits per heavy atom. The van der Waals surface area contributed by atoms with Crippen molar-refractivity contribution in [3.05, 3.63) is 62.0 Å². The van der Waals surface area contributed by atoms with Gasteiger partial charge < -0.3 is 10.3 Å². The van der Waals surface area contributed by atoms with Crippen molar-refractivity contribution in [3.8, 4) is 6.07 Å². The van der Waals surface area contributed by atoms with Gasteiger partial charge in [0, 0.05) is 12.1 Å². The molecule has 3 rings (SSSR count). The molecule has 2 heterocycles. The van der Waals surface area contributed by atoms with Crippen molar-refractivity contribution < 1.29 is 4.79 Å². The van der Waals surface area contributed by atoms with Gasteiger partial charge in [-0.25, -0.2) is 4.98 Å².